The molecule has 0 aliphatic rings. The third-order valence-corrected chi connectivity index (χ3v) is 3.08. The van der Waals surface area contributed by atoms with Crippen LogP contribution < -0.4 is 10.0 Å². The number of hydrogen-bond acceptors (Lipinski definition) is 2. The Labute approximate surface area is 122 Å². The molecule has 2 aromatic rings. The summed E-state index contributed by atoms with van der Waals surface area (Å²) >= 11 is 5.92. The van der Waals surface area contributed by atoms with Crippen molar-refractivity contribution in [3.8, 4) is 0 Å². The maximum atomic E-state index is 12.0. The molecule has 0 saturated heterocycles. The van der Waals surface area contributed by atoms with Crippen molar-refractivity contribution in [2.45, 2.75) is 19.4 Å². The molecule has 5 heteroatoms. The average Bonchev–Trinajstić information content (AvgIpc) is 2.38. The minimum Gasteiger partial charge on any atom is -0.619 e. The maximum absolute atomic E-state index is 12.0. The van der Waals surface area contributed by atoms with E-state index in [-0.39, 0.29) is 11.9 Å². The number of halogens is 1. The molecule has 0 fully saturated rings. The Bertz CT molecular complexity index is 616. The number of nitrogens with zero attached hydrogens (tertiary/aromatic N) is 1. The molecule has 0 unspecified atom stereocenters. The van der Waals surface area contributed by atoms with Crippen LogP contribution in [-0.2, 0) is 6.42 Å². The molecule has 0 spiro atoms. The monoisotopic (exact) mass is 290 g/mol. The van der Waals surface area contributed by atoms with E-state index in [1.54, 1.807) is 12.1 Å². The summed E-state index contributed by atoms with van der Waals surface area (Å²) in [6.45, 7) is 1.91. The normalized spacial score (nSPS) is 11.9. The molecule has 1 aromatic carbocycles. The third kappa shape index (κ3) is 3.96. The molecule has 1 atom stereocenters. The summed E-state index contributed by atoms with van der Waals surface area (Å²) in [4.78, 5) is 12.0. The molecule has 1 heterocycles. The van der Waals surface area contributed by atoms with Gasteiger partial charge in [-0.25, -0.2) is 0 Å². The Kier molecular flexibility index (Phi) is 4.58. The van der Waals surface area contributed by atoms with Crippen molar-refractivity contribution in [1.82, 2.24) is 5.32 Å². The number of hydrogen-bond donors (Lipinski definition) is 1. The molecule has 0 aliphatic heterocycles. The smallest absolute Gasteiger partial charge is 0.257 e. The molecule has 1 amide bonds. The molecule has 0 aliphatic carbocycles. The summed E-state index contributed by atoms with van der Waals surface area (Å²) in [6, 6.07) is 10.6. The van der Waals surface area contributed by atoms with Crippen molar-refractivity contribution >= 4 is 17.5 Å². The highest BCUT2D eigenvalue weighted by Crippen LogP contribution is 2.12. The topological polar surface area (TPSA) is 56.0 Å². The fraction of sp³-hybridized carbons (Fsp3) is 0.200. The quantitative estimate of drug-likeness (QED) is 0.694. The van der Waals surface area contributed by atoms with Gasteiger partial charge in [0.1, 0.15) is 5.56 Å². The second-order valence-corrected chi connectivity index (χ2v) is 5.10. The molecular formula is C15H15ClN2O2. The lowest BCUT2D eigenvalue weighted by Crippen LogP contribution is -2.36. The number of rotatable bonds is 4. The summed E-state index contributed by atoms with van der Waals surface area (Å²) in [5.74, 6) is -0.260. The first kappa shape index (κ1) is 14.3. The van der Waals surface area contributed by atoms with Gasteiger partial charge in [-0.05, 0) is 37.1 Å². The van der Waals surface area contributed by atoms with E-state index < -0.39 is 0 Å². The van der Waals surface area contributed by atoms with Crippen molar-refractivity contribution in [3.63, 3.8) is 0 Å². The molecule has 4 nitrogen and oxygen atoms in total. The first-order valence-electron chi connectivity index (χ1n) is 6.29. The Hall–Kier alpha value is -2.07. The summed E-state index contributed by atoms with van der Waals surface area (Å²) in [7, 11) is 0. The molecule has 2 rings (SSSR count). The van der Waals surface area contributed by atoms with E-state index >= 15 is 0 Å². The van der Waals surface area contributed by atoms with Gasteiger partial charge in [0, 0.05) is 17.1 Å². The molecule has 0 bridgehead atoms. The average molecular weight is 291 g/mol. The minimum absolute atomic E-state index is 0.0544. The van der Waals surface area contributed by atoms with Gasteiger partial charge in [0.15, 0.2) is 12.4 Å². The number of nitrogens with one attached hydrogen (secondary N) is 1. The predicted molar refractivity (Wildman–Crippen MR) is 77.5 cm³/mol. The fourth-order valence-electron chi connectivity index (χ4n) is 1.96. The molecule has 0 radical (unpaired) electrons. The van der Waals surface area contributed by atoms with E-state index in [0.29, 0.717) is 21.7 Å². The molecule has 20 heavy (non-hydrogen) atoms. The molecule has 1 N–H and O–H groups in total. The highest BCUT2D eigenvalue weighted by atomic mass is 35.5. The van der Waals surface area contributed by atoms with Crippen LogP contribution in [-0.4, -0.2) is 11.9 Å². The zero-order valence-electron chi connectivity index (χ0n) is 11.0. The first-order valence-corrected chi connectivity index (χ1v) is 6.66. The lowest BCUT2D eigenvalue weighted by Gasteiger charge is -2.14. The fourth-order valence-corrected chi connectivity index (χ4v) is 2.18. The van der Waals surface area contributed by atoms with Crippen LogP contribution in [0.3, 0.4) is 0 Å². The number of carbonyl (C=O) groups is 1. The Morgan fingerprint density at radius 3 is 2.90 bits per heavy atom. The van der Waals surface area contributed by atoms with Crippen LogP contribution >= 0.6 is 11.6 Å². The SMILES string of the molecule is C[C@H](Cc1cccc(Cl)c1)NC(=O)c1ccc[n+]([O-])c1. The van der Waals surface area contributed by atoms with Crippen LogP contribution in [0.4, 0.5) is 0 Å². The van der Waals surface area contributed by atoms with Gasteiger partial charge < -0.3 is 10.5 Å². The number of benzene rings is 1. The predicted octanol–water partition coefficient (Wildman–Crippen LogP) is 2.33. The van der Waals surface area contributed by atoms with Gasteiger partial charge >= 0.3 is 0 Å². The lowest BCUT2D eigenvalue weighted by molar-refractivity contribution is -0.605. The molecule has 104 valence electrons. The summed E-state index contributed by atoms with van der Waals surface area (Å²) in [5.41, 5.74) is 1.40. The first-order chi connectivity index (χ1) is 9.54. The van der Waals surface area contributed by atoms with E-state index in [4.69, 9.17) is 11.6 Å². The number of aromatic nitrogens is 1. The zero-order chi connectivity index (χ0) is 14.5. The number of carbonyl (C=O) groups excluding carboxylic acids is 1. The van der Waals surface area contributed by atoms with Gasteiger partial charge in [-0.3, -0.25) is 4.79 Å². The summed E-state index contributed by atoms with van der Waals surface area (Å²) in [6.07, 6.45) is 3.27. The maximum Gasteiger partial charge on any atom is 0.257 e. The molecular weight excluding hydrogens is 276 g/mol. The lowest BCUT2D eigenvalue weighted by atomic mass is 10.1. The van der Waals surface area contributed by atoms with Gasteiger partial charge in [0.25, 0.3) is 5.91 Å². The van der Waals surface area contributed by atoms with E-state index in [9.17, 15) is 10.0 Å². The van der Waals surface area contributed by atoms with Crippen LogP contribution in [0.2, 0.25) is 5.02 Å². The van der Waals surface area contributed by atoms with Gasteiger partial charge in [0.2, 0.25) is 0 Å². The van der Waals surface area contributed by atoms with Crippen molar-refractivity contribution in [2.75, 3.05) is 0 Å². The van der Waals surface area contributed by atoms with Crippen molar-refractivity contribution < 1.29 is 9.52 Å². The Morgan fingerprint density at radius 2 is 2.20 bits per heavy atom. The van der Waals surface area contributed by atoms with E-state index in [1.807, 2.05) is 31.2 Å². The summed E-state index contributed by atoms with van der Waals surface area (Å²) < 4.78 is 0.608. The van der Waals surface area contributed by atoms with Gasteiger partial charge in [-0.1, -0.05) is 23.7 Å². The minimum atomic E-state index is -0.260. The van der Waals surface area contributed by atoms with Crippen LogP contribution in [0.15, 0.2) is 48.8 Å². The molecule has 1 aromatic heterocycles. The van der Waals surface area contributed by atoms with Crippen molar-refractivity contribution in [1.29, 1.82) is 0 Å². The van der Waals surface area contributed by atoms with E-state index in [2.05, 4.69) is 5.32 Å². The second kappa shape index (κ2) is 6.39. The molecule has 0 saturated carbocycles. The second-order valence-electron chi connectivity index (χ2n) is 4.66. The van der Waals surface area contributed by atoms with Gasteiger partial charge in [-0.2, -0.15) is 4.73 Å². The standard InChI is InChI=1S/C15H15ClN2O2/c1-11(8-12-4-2-6-14(16)9-12)17-15(19)13-5-3-7-18(20)10-13/h2-7,9-11H,8H2,1H3,(H,17,19)/t11-/m1/s1. The largest absolute Gasteiger partial charge is 0.619 e. The Morgan fingerprint density at radius 1 is 1.40 bits per heavy atom. The highest BCUT2D eigenvalue weighted by molar-refractivity contribution is 6.30. The van der Waals surface area contributed by atoms with Crippen molar-refractivity contribution in [2.24, 2.45) is 0 Å². The number of pyridine rings is 1. The van der Waals surface area contributed by atoms with Crippen LogP contribution in [0.5, 0.6) is 0 Å². The third-order valence-electron chi connectivity index (χ3n) is 2.85. The van der Waals surface area contributed by atoms with E-state index in [1.165, 1.54) is 12.4 Å². The van der Waals surface area contributed by atoms with Gasteiger partial charge in [0.05, 0.1) is 0 Å². The highest BCUT2D eigenvalue weighted by Gasteiger charge is 2.12. The summed E-state index contributed by atoms with van der Waals surface area (Å²) in [5, 5.41) is 14.7. The van der Waals surface area contributed by atoms with E-state index in [0.717, 1.165) is 5.56 Å². The van der Waals surface area contributed by atoms with Gasteiger partial charge in [-0.15, -0.1) is 0 Å². The van der Waals surface area contributed by atoms with Crippen LogP contribution in [0.1, 0.15) is 22.8 Å². The van der Waals surface area contributed by atoms with Crippen LogP contribution in [0, 0.1) is 5.21 Å². The number of amides is 1. The van der Waals surface area contributed by atoms with Crippen molar-refractivity contribution in [3.05, 3.63) is 70.1 Å². The zero-order valence-corrected chi connectivity index (χ0v) is 11.8. The van der Waals surface area contributed by atoms with Crippen LogP contribution in [0.25, 0.3) is 0 Å². The Balaban J connectivity index is 1.97.